The topological polar surface area (TPSA) is 75.0 Å². The molecule has 0 spiro atoms. The van der Waals surface area contributed by atoms with Crippen molar-refractivity contribution in [3.05, 3.63) is 97.7 Å². The van der Waals surface area contributed by atoms with E-state index in [-0.39, 0.29) is 5.75 Å². The third-order valence-electron chi connectivity index (χ3n) is 4.84. The molecule has 6 heteroatoms. The first kappa shape index (κ1) is 17.8. The fraction of sp³-hybridized carbons (Fsp3) is 0. The van der Waals surface area contributed by atoms with Crippen LogP contribution in [0.2, 0.25) is 0 Å². The van der Waals surface area contributed by atoms with Gasteiger partial charge in [-0.15, -0.1) is 0 Å². The van der Waals surface area contributed by atoms with Crippen molar-refractivity contribution in [1.29, 1.82) is 0 Å². The number of pyridine rings is 2. The van der Waals surface area contributed by atoms with Crippen LogP contribution in [0.5, 0.6) is 5.75 Å². The highest BCUT2D eigenvalue weighted by Crippen LogP contribution is 2.41. The van der Waals surface area contributed by atoms with Crippen molar-refractivity contribution in [2.75, 3.05) is 4.90 Å². The second kappa shape index (κ2) is 7.60. The number of phenolic OH excluding ortho intramolecular Hbond substituents is 1. The average Bonchev–Trinajstić information content (AvgIpc) is 2.82. The van der Waals surface area contributed by atoms with Gasteiger partial charge in [0.25, 0.3) is 0 Å². The second-order valence-corrected chi connectivity index (χ2v) is 6.68. The highest BCUT2D eigenvalue weighted by atomic mass is 16.3. The Hall–Kier alpha value is -4.32. The number of anilines is 3. The molecule has 0 radical (unpaired) electrons. The molecule has 1 N–H and O–H groups in total. The molecule has 5 aromatic rings. The molecule has 0 aliphatic rings. The molecule has 0 unspecified atom stereocenters. The summed E-state index contributed by atoms with van der Waals surface area (Å²) in [6, 6.07) is 22.9. The van der Waals surface area contributed by atoms with E-state index in [1.54, 1.807) is 24.7 Å². The van der Waals surface area contributed by atoms with Gasteiger partial charge in [0.2, 0.25) is 0 Å². The zero-order chi connectivity index (χ0) is 20.3. The van der Waals surface area contributed by atoms with Gasteiger partial charge in [0, 0.05) is 29.5 Å². The highest BCUT2D eigenvalue weighted by Gasteiger charge is 2.20. The van der Waals surface area contributed by atoms with E-state index in [4.69, 9.17) is 4.98 Å². The third-order valence-corrected chi connectivity index (χ3v) is 4.84. The fourth-order valence-corrected chi connectivity index (χ4v) is 3.43. The minimum atomic E-state index is 0.167. The van der Waals surface area contributed by atoms with Crippen LogP contribution in [0.1, 0.15) is 0 Å². The molecular weight excluding hydrogens is 374 g/mol. The zero-order valence-electron chi connectivity index (χ0n) is 15.9. The van der Waals surface area contributed by atoms with E-state index in [0.717, 1.165) is 22.0 Å². The van der Waals surface area contributed by atoms with Gasteiger partial charge in [-0.3, -0.25) is 9.88 Å². The molecule has 30 heavy (non-hydrogen) atoms. The first-order valence-electron chi connectivity index (χ1n) is 9.45. The van der Waals surface area contributed by atoms with Crippen LogP contribution in [-0.4, -0.2) is 25.0 Å². The van der Waals surface area contributed by atoms with E-state index in [9.17, 15) is 5.11 Å². The predicted octanol–water partition coefficient (Wildman–Crippen LogP) is 5.26. The van der Waals surface area contributed by atoms with Gasteiger partial charge in [-0.2, -0.15) is 0 Å². The van der Waals surface area contributed by atoms with Gasteiger partial charge in [0.15, 0.2) is 0 Å². The Kier molecular flexibility index (Phi) is 4.50. The largest absolute Gasteiger partial charge is 0.505 e. The summed E-state index contributed by atoms with van der Waals surface area (Å²) in [5.41, 5.74) is 2.27. The maximum Gasteiger partial charge on any atom is 0.147 e. The van der Waals surface area contributed by atoms with E-state index < -0.39 is 0 Å². The second-order valence-electron chi connectivity index (χ2n) is 6.68. The summed E-state index contributed by atoms with van der Waals surface area (Å²) < 4.78 is 0. The molecule has 0 bridgehead atoms. The Morgan fingerprint density at radius 3 is 2.50 bits per heavy atom. The summed E-state index contributed by atoms with van der Waals surface area (Å²) in [4.78, 5) is 19.3. The lowest BCUT2D eigenvalue weighted by atomic mass is 10.1. The Labute approximate surface area is 173 Å². The number of phenols is 1. The van der Waals surface area contributed by atoms with Crippen molar-refractivity contribution in [2.24, 2.45) is 0 Å². The van der Waals surface area contributed by atoms with E-state index >= 15 is 0 Å². The first-order chi connectivity index (χ1) is 14.8. The molecule has 0 atom stereocenters. The van der Waals surface area contributed by atoms with Crippen molar-refractivity contribution >= 4 is 28.1 Å². The molecule has 3 aromatic heterocycles. The third kappa shape index (κ3) is 3.20. The lowest BCUT2D eigenvalue weighted by Crippen LogP contribution is -2.13. The maximum absolute atomic E-state index is 11.1. The van der Waals surface area contributed by atoms with Crippen molar-refractivity contribution in [3.63, 3.8) is 0 Å². The Morgan fingerprint density at radius 2 is 1.67 bits per heavy atom. The average molecular weight is 391 g/mol. The van der Waals surface area contributed by atoms with Crippen LogP contribution < -0.4 is 4.90 Å². The van der Waals surface area contributed by atoms with Crippen LogP contribution >= 0.6 is 0 Å². The lowest BCUT2D eigenvalue weighted by Gasteiger charge is -2.24. The Morgan fingerprint density at radius 1 is 0.733 bits per heavy atom. The number of hydrogen-bond donors (Lipinski definition) is 1. The minimum Gasteiger partial charge on any atom is -0.505 e. The van der Waals surface area contributed by atoms with E-state index in [1.807, 2.05) is 71.6 Å². The molecular formula is C24H17N5O. The smallest absolute Gasteiger partial charge is 0.147 e. The van der Waals surface area contributed by atoms with Crippen LogP contribution in [0.3, 0.4) is 0 Å². The van der Waals surface area contributed by atoms with Gasteiger partial charge in [0.1, 0.15) is 23.7 Å². The number of aromatic nitrogens is 4. The van der Waals surface area contributed by atoms with E-state index in [0.29, 0.717) is 17.3 Å². The lowest BCUT2D eigenvalue weighted by molar-refractivity contribution is 0.482. The van der Waals surface area contributed by atoms with Crippen LogP contribution in [-0.2, 0) is 0 Å². The Bertz CT molecular complexity index is 1310. The summed E-state index contributed by atoms with van der Waals surface area (Å²) >= 11 is 0. The van der Waals surface area contributed by atoms with Gasteiger partial charge in [-0.05, 0) is 41.8 Å². The van der Waals surface area contributed by atoms with E-state index in [2.05, 4.69) is 15.0 Å². The Balaban J connectivity index is 1.71. The van der Waals surface area contributed by atoms with Crippen LogP contribution in [0.4, 0.5) is 17.3 Å². The summed E-state index contributed by atoms with van der Waals surface area (Å²) in [5, 5.41) is 12.8. The monoisotopic (exact) mass is 391 g/mol. The van der Waals surface area contributed by atoms with Gasteiger partial charge in [-0.1, -0.05) is 36.4 Å². The quantitative estimate of drug-likeness (QED) is 0.450. The minimum absolute atomic E-state index is 0.167. The number of hydrogen-bond acceptors (Lipinski definition) is 6. The molecule has 5 rings (SSSR count). The van der Waals surface area contributed by atoms with Gasteiger partial charge >= 0.3 is 0 Å². The summed E-state index contributed by atoms with van der Waals surface area (Å²) in [6.45, 7) is 0. The van der Waals surface area contributed by atoms with Gasteiger partial charge in [-0.25, -0.2) is 15.0 Å². The molecule has 0 aliphatic heterocycles. The number of fused-ring (bicyclic) bond motifs is 1. The van der Waals surface area contributed by atoms with Crippen molar-refractivity contribution in [3.8, 4) is 17.0 Å². The number of nitrogens with zero attached hydrogens (tertiary/aromatic N) is 5. The normalized spacial score (nSPS) is 10.8. The van der Waals surface area contributed by atoms with Gasteiger partial charge < -0.3 is 5.11 Å². The molecule has 0 amide bonds. The summed E-state index contributed by atoms with van der Waals surface area (Å²) in [5.74, 6) is 1.40. The predicted molar refractivity (Wildman–Crippen MR) is 117 cm³/mol. The molecule has 0 fully saturated rings. The molecule has 0 saturated heterocycles. The molecule has 3 heterocycles. The molecule has 2 aromatic carbocycles. The molecule has 144 valence electrons. The van der Waals surface area contributed by atoms with Crippen molar-refractivity contribution < 1.29 is 5.11 Å². The fourth-order valence-electron chi connectivity index (χ4n) is 3.43. The van der Waals surface area contributed by atoms with E-state index in [1.165, 1.54) is 6.33 Å². The maximum atomic E-state index is 11.1. The van der Waals surface area contributed by atoms with Gasteiger partial charge in [0.05, 0.1) is 11.4 Å². The standard InChI is InChI=1S/C24H17N5O/c30-24-19-7-2-1-5-17(19)10-11-21(24)29(22-12-14-26-16-27-22)23-9-3-8-20(28-23)18-6-4-13-25-15-18/h1-16,30H. The first-order valence-corrected chi connectivity index (χ1v) is 9.45. The van der Waals surface area contributed by atoms with Crippen molar-refractivity contribution in [2.45, 2.75) is 0 Å². The van der Waals surface area contributed by atoms with Crippen molar-refractivity contribution in [1.82, 2.24) is 19.9 Å². The molecule has 6 nitrogen and oxygen atoms in total. The molecule has 0 saturated carbocycles. The van der Waals surface area contributed by atoms with Crippen LogP contribution in [0, 0.1) is 0 Å². The SMILES string of the molecule is Oc1c(N(c2ccncn2)c2cccc(-c3cccnc3)n2)ccc2ccccc12. The zero-order valence-corrected chi connectivity index (χ0v) is 15.9. The number of benzene rings is 2. The number of aromatic hydroxyl groups is 1. The highest BCUT2D eigenvalue weighted by molar-refractivity contribution is 5.95. The van der Waals surface area contributed by atoms with Crippen LogP contribution in [0.25, 0.3) is 22.0 Å². The number of rotatable bonds is 4. The van der Waals surface area contributed by atoms with Crippen LogP contribution in [0.15, 0.2) is 97.7 Å². The molecule has 0 aliphatic carbocycles. The summed E-state index contributed by atoms with van der Waals surface area (Å²) in [7, 11) is 0. The summed E-state index contributed by atoms with van der Waals surface area (Å²) in [6.07, 6.45) is 6.64.